The van der Waals surface area contributed by atoms with Crippen molar-refractivity contribution in [2.24, 2.45) is 0 Å². The first-order chi connectivity index (χ1) is 10.8. The lowest BCUT2D eigenvalue weighted by Crippen LogP contribution is -2.39. The van der Waals surface area contributed by atoms with Crippen LogP contribution >= 0.6 is 0 Å². The highest BCUT2D eigenvalue weighted by Crippen LogP contribution is 2.17. The third kappa shape index (κ3) is 4.59. The highest BCUT2D eigenvalue weighted by atomic mass is 19.4. The molecule has 23 heavy (non-hydrogen) atoms. The van der Waals surface area contributed by atoms with Crippen molar-refractivity contribution in [2.75, 3.05) is 0 Å². The van der Waals surface area contributed by atoms with Gasteiger partial charge in [0, 0.05) is 6.07 Å². The van der Waals surface area contributed by atoms with Crippen LogP contribution in [0.25, 0.3) is 11.5 Å². The Morgan fingerprint density at radius 2 is 2.09 bits per heavy atom. The van der Waals surface area contributed by atoms with Crippen molar-refractivity contribution < 1.29 is 36.6 Å². The highest BCUT2D eigenvalue weighted by Gasteiger charge is 2.42. The molecule has 0 fully saturated rings. The van der Waals surface area contributed by atoms with Crippen molar-refractivity contribution in [3.63, 3.8) is 0 Å². The van der Waals surface area contributed by atoms with Gasteiger partial charge >= 0.3 is 18.1 Å². The molecule has 0 saturated heterocycles. The summed E-state index contributed by atoms with van der Waals surface area (Å²) in [5.74, 6) is -2.81. The standard InChI is InChI=1S/C13H11F3N3O4/c1-8-6-17-11(22-8)9-2-4-19(18-7-9)5-3-10(20)23-12(21)13(14,15)16/h2,4,6-7H,3,5H2,1H3/q+1. The lowest BCUT2D eigenvalue weighted by molar-refractivity contribution is -0.752. The quantitative estimate of drug-likeness (QED) is 0.478. The van der Waals surface area contributed by atoms with Crippen LogP contribution in [0.1, 0.15) is 12.2 Å². The Kier molecular flexibility index (Phi) is 4.72. The van der Waals surface area contributed by atoms with Crippen molar-refractivity contribution in [2.45, 2.75) is 26.1 Å². The van der Waals surface area contributed by atoms with Crippen molar-refractivity contribution in [3.05, 3.63) is 30.4 Å². The highest BCUT2D eigenvalue weighted by molar-refractivity contribution is 5.88. The Labute approximate surface area is 127 Å². The molecule has 0 spiro atoms. The number of carbonyl (C=O) groups excluding carboxylic acids is 2. The van der Waals surface area contributed by atoms with Crippen molar-refractivity contribution in [1.82, 2.24) is 10.1 Å². The number of alkyl halides is 3. The van der Waals surface area contributed by atoms with Gasteiger partial charge in [0.1, 0.15) is 18.4 Å². The number of ether oxygens (including phenoxy) is 1. The molecule has 0 aliphatic rings. The van der Waals surface area contributed by atoms with Crippen molar-refractivity contribution in [1.29, 1.82) is 0 Å². The van der Waals surface area contributed by atoms with Crippen molar-refractivity contribution >= 4 is 11.9 Å². The van der Waals surface area contributed by atoms with Gasteiger partial charge in [0.05, 0.1) is 11.8 Å². The summed E-state index contributed by atoms with van der Waals surface area (Å²) in [5, 5.41) is 3.97. The first-order valence-electron chi connectivity index (χ1n) is 6.36. The first kappa shape index (κ1) is 16.6. The van der Waals surface area contributed by atoms with Gasteiger partial charge in [0.15, 0.2) is 12.7 Å². The monoisotopic (exact) mass is 330 g/mol. The van der Waals surface area contributed by atoms with E-state index in [1.54, 1.807) is 19.2 Å². The molecule has 0 amide bonds. The van der Waals surface area contributed by atoms with Crippen LogP contribution in [0.4, 0.5) is 13.2 Å². The fourth-order valence-corrected chi connectivity index (χ4v) is 1.55. The van der Waals surface area contributed by atoms with E-state index in [2.05, 4.69) is 14.8 Å². The molecular formula is C13H11F3N3O4+. The minimum atomic E-state index is -5.20. The molecule has 0 N–H and O–H groups in total. The summed E-state index contributed by atoms with van der Waals surface area (Å²) in [6.45, 7) is 1.69. The number of rotatable bonds is 4. The third-order valence-corrected chi connectivity index (χ3v) is 2.62. The van der Waals surface area contributed by atoms with E-state index in [1.807, 2.05) is 0 Å². The number of hydrogen-bond acceptors (Lipinski definition) is 6. The van der Waals surface area contributed by atoms with Gasteiger partial charge in [0.25, 0.3) is 0 Å². The maximum Gasteiger partial charge on any atom is 0.491 e. The zero-order valence-corrected chi connectivity index (χ0v) is 11.8. The number of oxazole rings is 1. The van der Waals surface area contributed by atoms with Crippen LogP contribution in [0.3, 0.4) is 0 Å². The van der Waals surface area contributed by atoms with Gasteiger partial charge in [-0.05, 0) is 12.0 Å². The van der Waals surface area contributed by atoms with Crippen LogP contribution in [0, 0.1) is 6.92 Å². The van der Waals surface area contributed by atoms with Crippen LogP contribution in [-0.4, -0.2) is 28.2 Å². The molecule has 0 aliphatic heterocycles. The lowest BCUT2D eigenvalue weighted by Gasteiger charge is -2.04. The second-order valence-corrected chi connectivity index (χ2v) is 4.46. The maximum atomic E-state index is 11.9. The van der Waals surface area contributed by atoms with Gasteiger partial charge in [-0.25, -0.2) is 9.78 Å². The number of hydrogen-bond donors (Lipinski definition) is 0. The smallest absolute Gasteiger partial charge is 0.441 e. The number of halogens is 3. The van der Waals surface area contributed by atoms with Crippen LogP contribution in [0.5, 0.6) is 0 Å². The van der Waals surface area contributed by atoms with E-state index in [9.17, 15) is 22.8 Å². The maximum absolute atomic E-state index is 11.9. The molecule has 0 radical (unpaired) electrons. The van der Waals surface area contributed by atoms with Gasteiger partial charge in [-0.15, -0.1) is 0 Å². The molecule has 0 bridgehead atoms. The summed E-state index contributed by atoms with van der Waals surface area (Å²) in [7, 11) is 0. The predicted molar refractivity (Wildman–Crippen MR) is 66.4 cm³/mol. The zero-order chi connectivity index (χ0) is 17.0. The Balaban J connectivity index is 1.89. The molecule has 122 valence electrons. The van der Waals surface area contributed by atoms with Gasteiger partial charge in [-0.3, -0.25) is 4.79 Å². The second-order valence-electron chi connectivity index (χ2n) is 4.46. The summed E-state index contributed by atoms with van der Waals surface area (Å²) in [4.78, 5) is 25.6. The molecule has 2 aromatic rings. The topological polar surface area (TPSA) is 86.2 Å². The Hall–Kier alpha value is -2.78. The molecule has 0 unspecified atom stereocenters. The SMILES string of the molecule is Cc1cnc(-c2cc[n+](CCC(=O)OC(=O)C(F)(F)F)nc2)o1. The molecule has 0 aliphatic carbocycles. The molecule has 2 aromatic heterocycles. The fraction of sp³-hybridized carbons (Fsp3) is 0.308. The zero-order valence-electron chi connectivity index (χ0n) is 11.8. The number of carbonyl (C=O) groups is 2. The predicted octanol–water partition coefficient (Wildman–Crippen LogP) is 1.35. The number of aryl methyl sites for hydroxylation is 2. The van der Waals surface area contributed by atoms with E-state index in [-0.39, 0.29) is 6.54 Å². The summed E-state index contributed by atoms with van der Waals surface area (Å²) < 4.78 is 46.0. The largest absolute Gasteiger partial charge is 0.491 e. The van der Waals surface area contributed by atoms with Gasteiger partial charge in [-0.2, -0.15) is 13.2 Å². The molecule has 10 heteroatoms. The minimum Gasteiger partial charge on any atom is -0.441 e. The van der Waals surface area contributed by atoms with E-state index in [0.717, 1.165) is 0 Å². The average molecular weight is 330 g/mol. The molecule has 0 aromatic carbocycles. The van der Waals surface area contributed by atoms with Gasteiger partial charge in [-0.1, -0.05) is 4.68 Å². The number of nitrogens with zero attached hydrogens (tertiary/aromatic N) is 3. The Morgan fingerprint density at radius 3 is 2.61 bits per heavy atom. The van der Waals surface area contributed by atoms with E-state index in [1.165, 1.54) is 17.1 Å². The third-order valence-electron chi connectivity index (χ3n) is 2.62. The fourth-order valence-electron chi connectivity index (χ4n) is 1.55. The molecule has 0 atom stereocenters. The molecule has 2 rings (SSSR count). The summed E-state index contributed by atoms with van der Waals surface area (Å²) in [5.41, 5.74) is 0.601. The van der Waals surface area contributed by atoms with E-state index in [0.29, 0.717) is 17.2 Å². The first-order valence-corrected chi connectivity index (χ1v) is 6.36. The van der Waals surface area contributed by atoms with E-state index < -0.39 is 24.5 Å². The van der Waals surface area contributed by atoms with Crippen LogP contribution in [0.15, 0.2) is 29.1 Å². The minimum absolute atomic E-state index is 0.0468. The van der Waals surface area contributed by atoms with Crippen molar-refractivity contribution in [3.8, 4) is 11.5 Å². The molecule has 7 nitrogen and oxygen atoms in total. The molecular weight excluding hydrogens is 319 g/mol. The van der Waals surface area contributed by atoms with E-state index >= 15 is 0 Å². The second kappa shape index (κ2) is 6.55. The Bertz CT molecular complexity index is 710. The number of aromatic nitrogens is 3. The van der Waals surface area contributed by atoms with Crippen LogP contribution in [-0.2, 0) is 20.9 Å². The van der Waals surface area contributed by atoms with E-state index in [4.69, 9.17) is 4.42 Å². The summed E-state index contributed by atoms with van der Waals surface area (Å²) >= 11 is 0. The average Bonchev–Trinajstić information content (AvgIpc) is 2.91. The Morgan fingerprint density at radius 1 is 1.35 bits per heavy atom. The van der Waals surface area contributed by atoms with Crippen LogP contribution < -0.4 is 4.68 Å². The normalized spacial score (nSPS) is 11.3. The molecule has 2 heterocycles. The molecule has 0 saturated carbocycles. The van der Waals surface area contributed by atoms with Gasteiger partial charge in [0.2, 0.25) is 5.89 Å². The number of esters is 2. The summed E-state index contributed by atoms with van der Waals surface area (Å²) in [6, 6.07) is 1.62. The lowest BCUT2D eigenvalue weighted by atomic mass is 10.3. The van der Waals surface area contributed by atoms with Gasteiger partial charge < -0.3 is 9.15 Å². The summed E-state index contributed by atoms with van der Waals surface area (Å²) in [6.07, 6.45) is -1.16. The van der Waals surface area contributed by atoms with Crippen LogP contribution in [0.2, 0.25) is 0 Å².